The van der Waals surface area contributed by atoms with E-state index in [-0.39, 0.29) is 11.6 Å². The summed E-state index contributed by atoms with van der Waals surface area (Å²) < 4.78 is 11.8. The Morgan fingerprint density at radius 1 is 1.30 bits per heavy atom. The van der Waals surface area contributed by atoms with E-state index in [1.165, 1.54) is 38.5 Å². The van der Waals surface area contributed by atoms with E-state index in [4.69, 9.17) is 15.2 Å². The monoisotopic (exact) mass is 283 g/mol. The zero-order chi connectivity index (χ0) is 14.4. The molecule has 2 aliphatic rings. The Kier molecular flexibility index (Phi) is 6.31. The van der Waals surface area contributed by atoms with Gasteiger partial charge >= 0.3 is 0 Å². The minimum atomic E-state index is -0.0439. The first-order valence-corrected chi connectivity index (χ1v) is 8.67. The third-order valence-electron chi connectivity index (χ3n) is 5.29. The average molecular weight is 283 g/mol. The topological polar surface area (TPSA) is 44.5 Å². The van der Waals surface area contributed by atoms with E-state index in [0.29, 0.717) is 6.10 Å². The Bertz CT molecular complexity index is 268. The zero-order valence-corrected chi connectivity index (χ0v) is 13.4. The molecule has 1 saturated heterocycles. The largest absolute Gasteiger partial charge is 0.378 e. The smallest absolute Gasteiger partial charge is 0.0832 e. The maximum atomic E-state index is 6.53. The molecule has 0 amide bonds. The van der Waals surface area contributed by atoms with Crippen LogP contribution in [-0.4, -0.2) is 31.0 Å². The van der Waals surface area contributed by atoms with Crippen molar-refractivity contribution < 1.29 is 9.47 Å². The summed E-state index contributed by atoms with van der Waals surface area (Å²) in [4.78, 5) is 0. The van der Waals surface area contributed by atoms with Crippen LogP contribution in [-0.2, 0) is 9.47 Å². The van der Waals surface area contributed by atoms with Crippen molar-refractivity contribution in [3.63, 3.8) is 0 Å². The van der Waals surface area contributed by atoms with Crippen molar-refractivity contribution in [2.24, 2.45) is 11.7 Å². The minimum absolute atomic E-state index is 0.0439. The predicted molar refractivity (Wildman–Crippen MR) is 82.8 cm³/mol. The maximum Gasteiger partial charge on any atom is 0.0832 e. The highest BCUT2D eigenvalue weighted by atomic mass is 16.5. The molecule has 3 nitrogen and oxygen atoms in total. The summed E-state index contributed by atoms with van der Waals surface area (Å²) in [5.41, 5.74) is 6.49. The van der Waals surface area contributed by atoms with Gasteiger partial charge in [-0.1, -0.05) is 6.92 Å². The van der Waals surface area contributed by atoms with Gasteiger partial charge in [-0.3, -0.25) is 0 Å². The van der Waals surface area contributed by atoms with Crippen molar-refractivity contribution in [3.8, 4) is 0 Å². The summed E-state index contributed by atoms with van der Waals surface area (Å²) in [5, 5.41) is 0. The Balaban J connectivity index is 1.78. The molecule has 2 rings (SSSR count). The zero-order valence-electron chi connectivity index (χ0n) is 13.4. The Morgan fingerprint density at radius 2 is 2.05 bits per heavy atom. The van der Waals surface area contributed by atoms with Crippen molar-refractivity contribution in [2.75, 3.05) is 13.2 Å². The first kappa shape index (κ1) is 16.3. The Labute approximate surface area is 124 Å². The third kappa shape index (κ3) is 4.19. The highest BCUT2D eigenvalue weighted by molar-refractivity contribution is 4.95. The first-order chi connectivity index (χ1) is 9.66. The molecule has 2 N–H and O–H groups in total. The number of rotatable bonds is 7. The van der Waals surface area contributed by atoms with Gasteiger partial charge in [0.25, 0.3) is 0 Å². The summed E-state index contributed by atoms with van der Waals surface area (Å²) in [6.45, 7) is 6.18. The van der Waals surface area contributed by atoms with Crippen LogP contribution in [0.25, 0.3) is 0 Å². The van der Waals surface area contributed by atoms with E-state index in [2.05, 4.69) is 13.8 Å². The second kappa shape index (κ2) is 7.77. The van der Waals surface area contributed by atoms with Crippen molar-refractivity contribution in [1.82, 2.24) is 0 Å². The fourth-order valence-electron chi connectivity index (χ4n) is 3.86. The van der Waals surface area contributed by atoms with Crippen LogP contribution in [0.3, 0.4) is 0 Å². The lowest BCUT2D eigenvalue weighted by Gasteiger charge is -2.43. The van der Waals surface area contributed by atoms with Gasteiger partial charge in [0.05, 0.1) is 11.7 Å². The molecule has 1 aliphatic carbocycles. The van der Waals surface area contributed by atoms with Gasteiger partial charge in [-0.2, -0.15) is 0 Å². The van der Waals surface area contributed by atoms with Crippen LogP contribution in [0.15, 0.2) is 0 Å². The molecule has 0 aromatic rings. The number of nitrogens with two attached hydrogens (primary N) is 1. The molecule has 3 heteroatoms. The highest BCUT2D eigenvalue weighted by Crippen LogP contribution is 2.38. The van der Waals surface area contributed by atoms with Gasteiger partial charge < -0.3 is 15.2 Å². The van der Waals surface area contributed by atoms with Gasteiger partial charge in [-0.05, 0) is 70.6 Å². The first-order valence-electron chi connectivity index (χ1n) is 8.67. The fourth-order valence-corrected chi connectivity index (χ4v) is 3.86. The molecule has 0 bridgehead atoms. The molecule has 1 saturated carbocycles. The van der Waals surface area contributed by atoms with E-state index in [0.717, 1.165) is 38.4 Å². The number of hydrogen-bond donors (Lipinski definition) is 1. The molecule has 1 heterocycles. The molecule has 0 aromatic heterocycles. The fraction of sp³-hybridized carbons (Fsp3) is 1.00. The summed E-state index contributed by atoms with van der Waals surface area (Å²) in [5.74, 6) is 0.836. The molecular weight excluding hydrogens is 250 g/mol. The predicted octanol–water partition coefficient (Wildman–Crippen LogP) is 3.65. The van der Waals surface area contributed by atoms with Gasteiger partial charge in [0.15, 0.2) is 0 Å². The molecule has 1 aliphatic heterocycles. The quantitative estimate of drug-likeness (QED) is 0.775. The summed E-state index contributed by atoms with van der Waals surface area (Å²) in [6.07, 6.45) is 11.2. The third-order valence-corrected chi connectivity index (χ3v) is 5.29. The van der Waals surface area contributed by atoms with Crippen LogP contribution in [0.4, 0.5) is 0 Å². The molecule has 0 aromatic carbocycles. The van der Waals surface area contributed by atoms with Gasteiger partial charge in [0.2, 0.25) is 0 Å². The molecule has 2 atom stereocenters. The van der Waals surface area contributed by atoms with Gasteiger partial charge in [0.1, 0.15) is 0 Å². The van der Waals surface area contributed by atoms with E-state index in [1.807, 2.05) is 0 Å². The lowest BCUT2D eigenvalue weighted by Crippen LogP contribution is -2.52. The van der Waals surface area contributed by atoms with E-state index in [1.54, 1.807) is 0 Å². The van der Waals surface area contributed by atoms with E-state index < -0.39 is 0 Å². The van der Waals surface area contributed by atoms with Gasteiger partial charge in [-0.15, -0.1) is 0 Å². The van der Waals surface area contributed by atoms with Crippen LogP contribution in [0.5, 0.6) is 0 Å². The van der Waals surface area contributed by atoms with Gasteiger partial charge in [0, 0.05) is 19.3 Å². The molecule has 0 spiro atoms. The summed E-state index contributed by atoms with van der Waals surface area (Å²) in [7, 11) is 0. The highest BCUT2D eigenvalue weighted by Gasteiger charge is 2.39. The van der Waals surface area contributed by atoms with E-state index in [9.17, 15) is 0 Å². The lowest BCUT2D eigenvalue weighted by molar-refractivity contribution is -0.0905. The van der Waals surface area contributed by atoms with Crippen molar-refractivity contribution >= 4 is 0 Å². The summed E-state index contributed by atoms with van der Waals surface area (Å²) in [6, 6.07) is 0.191. The normalized spacial score (nSPS) is 36.1. The second-order valence-electron chi connectivity index (χ2n) is 6.85. The van der Waals surface area contributed by atoms with Gasteiger partial charge in [-0.25, -0.2) is 0 Å². The molecule has 0 radical (unpaired) electrons. The Morgan fingerprint density at radius 3 is 2.65 bits per heavy atom. The summed E-state index contributed by atoms with van der Waals surface area (Å²) >= 11 is 0. The van der Waals surface area contributed by atoms with E-state index >= 15 is 0 Å². The van der Waals surface area contributed by atoms with Crippen LogP contribution in [0, 0.1) is 5.92 Å². The minimum Gasteiger partial charge on any atom is -0.378 e. The SMILES string of the molecule is CCOC1(C(N)CCCC2CCCO2)CCC(C)CC1. The number of hydrogen-bond acceptors (Lipinski definition) is 3. The van der Waals surface area contributed by atoms with Crippen LogP contribution >= 0.6 is 0 Å². The second-order valence-corrected chi connectivity index (χ2v) is 6.85. The molecule has 20 heavy (non-hydrogen) atoms. The Hall–Kier alpha value is -0.120. The standard InChI is InChI=1S/C17H33NO2/c1-3-20-17(11-9-14(2)10-12-17)16(18)8-4-6-15-7-5-13-19-15/h14-16H,3-13,18H2,1-2H3. The van der Waals surface area contributed by atoms with Crippen molar-refractivity contribution in [3.05, 3.63) is 0 Å². The van der Waals surface area contributed by atoms with Crippen LogP contribution in [0.1, 0.15) is 71.6 Å². The van der Waals surface area contributed by atoms with Crippen molar-refractivity contribution in [2.45, 2.75) is 89.4 Å². The molecule has 118 valence electrons. The molecular formula is C17H33NO2. The average Bonchev–Trinajstić information content (AvgIpc) is 2.95. The number of ether oxygens (including phenoxy) is 2. The molecule has 2 fully saturated rings. The van der Waals surface area contributed by atoms with Crippen molar-refractivity contribution in [1.29, 1.82) is 0 Å². The van der Waals surface area contributed by atoms with Crippen LogP contribution < -0.4 is 5.73 Å². The van der Waals surface area contributed by atoms with Crippen LogP contribution in [0.2, 0.25) is 0 Å². The molecule has 2 unspecified atom stereocenters. The lowest BCUT2D eigenvalue weighted by atomic mass is 9.74. The maximum absolute atomic E-state index is 6.53.